The first-order valence-electron chi connectivity index (χ1n) is 7.65. The maximum absolute atomic E-state index is 5.13. The van der Waals surface area contributed by atoms with Gasteiger partial charge in [0.2, 0.25) is 0 Å². The zero-order chi connectivity index (χ0) is 15.5. The molecule has 0 bridgehead atoms. The fourth-order valence-electron chi connectivity index (χ4n) is 1.89. The highest BCUT2D eigenvalue weighted by Crippen LogP contribution is 2.12. The van der Waals surface area contributed by atoms with Gasteiger partial charge in [-0.3, -0.25) is 0 Å². The van der Waals surface area contributed by atoms with E-state index in [4.69, 9.17) is 4.74 Å². The molecule has 0 aliphatic rings. The van der Waals surface area contributed by atoms with E-state index in [1.165, 1.54) is 6.42 Å². The highest BCUT2D eigenvalue weighted by atomic mass is 16.5. The molecule has 6 nitrogen and oxygen atoms in total. The maximum atomic E-state index is 5.13. The van der Waals surface area contributed by atoms with Gasteiger partial charge < -0.3 is 20.3 Å². The summed E-state index contributed by atoms with van der Waals surface area (Å²) in [7, 11) is 5.85. The van der Waals surface area contributed by atoms with Gasteiger partial charge in [0.25, 0.3) is 0 Å². The van der Waals surface area contributed by atoms with Crippen molar-refractivity contribution in [3.63, 3.8) is 0 Å². The van der Waals surface area contributed by atoms with Gasteiger partial charge in [0.15, 0.2) is 5.82 Å². The summed E-state index contributed by atoms with van der Waals surface area (Å²) in [6.45, 7) is 5.50. The topological polar surface area (TPSA) is 62.3 Å². The van der Waals surface area contributed by atoms with Crippen LogP contribution < -0.4 is 10.6 Å². The normalized spacial score (nSPS) is 10.9. The Morgan fingerprint density at radius 1 is 1.10 bits per heavy atom. The number of hydrogen-bond acceptors (Lipinski definition) is 6. The summed E-state index contributed by atoms with van der Waals surface area (Å²) in [6.07, 6.45) is 3.37. The lowest BCUT2D eigenvalue weighted by Crippen LogP contribution is -2.14. The molecule has 0 aliphatic heterocycles. The highest BCUT2D eigenvalue weighted by molar-refractivity contribution is 5.47. The molecule has 0 unspecified atom stereocenters. The number of hydrogen-bond donors (Lipinski definition) is 2. The standard InChI is InChI=1S/C15H29N5O/c1-5-8-16-13-11-14(19-15(18-13)12-21-4)17-9-6-7-10-20(2)3/h11H,5-10,12H2,1-4H3,(H2,16,17,18,19). The summed E-state index contributed by atoms with van der Waals surface area (Å²) in [5.41, 5.74) is 0. The van der Waals surface area contributed by atoms with Crippen LogP contribution in [0.2, 0.25) is 0 Å². The second-order valence-electron chi connectivity index (χ2n) is 5.35. The molecular formula is C15H29N5O. The van der Waals surface area contributed by atoms with E-state index in [-0.39, 0.29) is 0 Å². The summed E-state index contributed by atoms with van der Waals surface area (Å²) in [4.78, 5) is 11.1. The molecule has 0 amide bonds. The second-order valence-corrected chi connectivity index (χ2v) is 5.35. The molecule has 1 heterocycles. The zero-order valence-electron chi connectivity index (χ0n) is 13.8. The van der Waals surface area contributed by atoms with Gasteiger partial charge in [-0.25, -0.2) is 9.97 Å². The Labute approximate surface area is 128 Å². The molecular weight excluding hydrogens is 266 g/mol. The zero-order valence-corrected chi connectivity index (χ0v) is 13.8. The largest absolute Gasteiger partial charge is 0.377 e. The Balaban J connectivity index is 2.52. The van der Waals surface area contributed by atoms with Crippen LogP contribution in [0.25, 0.3) is 0 Å². The molecule has 0 fully saturated rings. The van der Waals surface area contributed by atoms with Crippen LogP contribution in [0.15, 0.2) is 6.07 Å². The van der Waals surface area contributed by atoms with Crippen molar-refractivity contribution in [1.82, 2.24) is 14.9 Å². The van der Waals surface area contributed by atoms with Crippen molar-refractivity contribution < 1.29 is 4.74 Å². The maximum Gasteiger partial charge on any atom is 0.158 e. The third-order valence-electron chi connectivity index (χ3n) is 2.94. The van der Waals surface area contributed by atoms with Crippen LogP contribution in [-0.2, 0) is 11.3 Å². The van der Waals surface area contributed by atoms with Crippen molar-refractivity contribution in [2.24, 2.45) is 0 Å². The number of methoxy groups -OCH3 is 1. The van der Waals surface area contributed by atoms with Crippen molar-refractivity contribution in [2.75, 3.05) is 51.5 Å². The number of unbranched alkanes of at least 4 members (excludes halogenated alkanes) is 1. The predicted molar refractivity (Wildman–Crippen MR) is 87.8 cm³/mol. The molecule has 0 atom stereocenters. The Hall–Kier alpha value is -1.40. The molecule has 120 valence electrons. The molecule has 1 aromatic rings. The lowest BCUT2D eigenvalue weighted by molar-refractivity contribution is 0.178. The van der Waals surface area contributed by atoms with Gasteiger partial charge in [0.1, 0.15) is 18.2 Å². The summed E-state index contributed by atoms with van der Waals surface area (Å²) in [5.74, 6) is 2.42. The van der Waals surface area contributed by atoms with Gasteiger partial charge in [0, 0.05) is 26.3 Å². The number of rotatable bonds is 11. The molecule has 0 aliphatic carbocycles. The summed E-state index contributed by atoms with van der Waals surface area (Å²) >= 11 is 0. The number of ether oxygens (including phenoxy) is 1. The van der Waals surface area contributed by atoms with Gasteiger partial charge in [-0.05, 0) is 39.9 Å². The summed E-state index contributed by atoms with van der Waals surface area (Å²) in [5, 5.41) is 6.67. The average Bonchev–Trinajstić information content (AvgIpc) is 2.44. The van der Waals surface area contributed by atoms with Gasteiger partial charge in [-0.15, -0.1) is 0 Å². The van der Waals surface area contributed by atoms with E-state index in [0.29, 0.717) is 12.4 Å². The van der Waals surface area contributed by atoms with Crippen LogP contribution in [0.3, 0.4) is 0 Å². The number of anilines is 2. The average molecular weight is 295 g/mol. The molecule has 0 radical (unpaired) electrons. The van der Waals surface area contributed by atoms with Crippen LogP contribution in [0, 0.1) is 0 Å². The van der Waals surface area contributed by atoms with E-state index in [0.717, 1.165) is 44.1 Å². The van der Waals surface area contributed by atoms with Gasteiger partial charge >= 0.3 is 0 Å². The molecule has 6 heteroatoms. The lowest BCUT2D eigenvalue weighted by Gasteiger charge is -2.12. The Morgan fingerprint density at radius 3 is 2.33 bits per heavy atom. The van der Waals surface area contributed by atoms with Gasteiger partial charge in [-0.2, -0.15) is 0 Å². The molecule has 0 aromatic carbocycles. The predicted octanol–water partition coefficient (Wildman–Crippen LogP) is 2.20. The van der Waals surface area contributed by atoms with Gasteiger partial charge in [-0.1, -0.05) is 6.92 Å². The van der Waals surface area contributed by atoms with Crippen LogP contribution in [0.4, 0.5) is 11.6 Å². The molecule has 0 spiro atoms. The first-order valence-corrected chi connectivity index (χ1v) is 7.65. The fourth-order valence-corrected chi connectivity index (χ4v) is 1.89. The first-order chi connectivity index (χ1) is 10.2. The minimum absolute atomic E-state index is 0.428. The third-order valence-corrected chi connectivity index (χ3v) is 2.94. The van der Waals surface area contributed by atoms with E-state index in [2.05, 4.69) is 46.5 Å². The number of nitrogens with zero attached hydrogens (tertiary/aromatic N) is 3. The van der Waals surface area contributed by atoms with Crippen molar-refractivity contribution in [3.05, 3.63) is 11.9 Å². The quantitative estimate of drug-likeness (QED) is 0.610. The molecule has 0 saturated carbocycles. The van der Waals surface area contributed by atoms with Gasteiger partial charge in [0.05, 0.1) is 0 Å². The van der Waals surface area contributed by atoms with Crippen molar-refractivity contribution >= 4 is 11.6 Å². The second kappa shape index (κ2) is 10.3. The Kier molecular flexibility index (Phi) is 8.69. The molecule has 1 aromatic heterocycles. The number of aromatic nitrogens is 2. The summed E-state index contributed by atoms with van der Waals surface area (Å²) in [6, 6.07) is 1.96. The SMILES string of the molecule is CCCNc1cc(NCCCCN(C)C)nc(COC)n1. The van der Waals surface area contributed by atoms with E-state index in [1.54, 1.807) is 7.11 Å². The number of nitrogens with one attached hydrogen (secondary N) is 2. The van der Waals surface area contributed by atoms with E-state index in [9.17, 15) is 0 Å². The van der Waals surface area contributed by atoms with Crippen LogP contribution in [-0.4, -0.2) is 55.7 Å². The smallest absolute Gasteiger partial charge is 0.158 e. The Bertz CT molecular complexity index is 398. The molecule has 2 N–H and O–H groups in total. The highest BCUT2D eigenvalue weighted by Gasteiger charge is 2.04. The van der Waals surface area contributed by atoms with E-state index >= 15 is 0 Å². The monoisotopic (exact) mass is 295 g/mol. The first kappa shape index (κ1) is 17.7. The van der Waals surface area contributed by atoms with E-state index < -0.39 is 0 Å². The van der Waals surface area contributed by atoms with Crippen molar-refractivity contribution in [2.45, 2.75) is 32.8 Å². The minimum Gasteiger partial charge on any atom is -0.377 e. The Morgan fingerprint density at radius 2 is 1.76 bits per heavy atom. The summed E-state index contributed by atoms with van der Waals surface area (Å²) < 4.78 is 5.13. The lowest BCUT2D eigenvalue weighted by atomic mass is 10.3. The van der Waals surface area contributed by atoms with Crippen molar-refractivity contribution in [3.8, 4) is 0 Å². The third kappa shape index (κ3) is 7.82. The fraction of sp³-hybridized carbons (Fsp3) is 0.733. The molecule has 1 rings (SSSR count). The van der Waals surface area contributed by atoms with E-state index in [1.807, 2.05) is 6.07 Å². The van der Waals surface area contributed by atoms with Crippen LogP contribution in [0.1, 0.15) is 32.0 Å². The van der Waals surface area contributed by atoms with Crippen LogP contribution in [0.5, 0.6) is 0 Å². The molecule has 21 heavy (non-hydrogen) atoms. The molecule has 0 saturated heterocycles. The van der Waals surface area contributed by atoms with Crippen molar-refractivity contribution in [1.29, 1.82) is 0 Å². The van der Waals surface area contributed by atoms with Crippen LogP contribution >= 0.6 is 0 Å². The minimum atomic E-state index is 0.428.